The van der Waals surface area contributed by atoms with Crippen LogP contribution in [0.25, 0.3) is 10.8 Å². The Labute approximate surface area is 223 Å². The maximum Gasteiger partial charge on any atom is 0.271 e. The van der Waals surface area contributed by atoms with Gasteiger partial charge in [-0.05, 0) is 60.3 Å². The average Bonchev–Trinajstić information content (AvgIpc) is 2.89. The van der Waals surface area contributed by atoms with Crippen LogP contribution in [0, 0.1) is 0 Å². The molecule has 37 heavy (non-hydrogen) atoms. The second-order valence-corrected chi connectivity index (χ2v) is 9.04. The first kappa shape index (κ1) is 26.0. The minimum absolute atomic E-state index is 0.0753. The van der Waals surface area contributed by atoms with E-state index in [1.807, 2.05) is 43.3 Å². The molecule has 2 amide bonds. The van der Waals surface area contributed by atoms with Crippen molar-refractivity contribution in [3.05, 3.63) is 106 Å². The third-order valence-electron chi connectivity index (χ3n) is 5.60. The maximum absolute atomic E-state index is 12.5. The molecule has 0 aliphatic rings. The summed E-state index contributed by atoms with van der Waals surface area (Å²) in [7, 11) is 0. The highest BCUT2D eigenvalue weighted by Crippen LogP contribution is 2.28. The van der Waals surface area contributed by atoms with Gasteiger partial charge in [-0.1, -0.05) is 59.6 Å². The van der Waals surface area contributed by atoms with Gasteiger partial charge in [-0.15, -0.1) is 0 Å². The van der Waals surface area contributed by atoms with Gasteiger partial charge in [-0.2, -0.15) is 5.10 Å². The molecule has 9 heteroatoms. The molecule has 0 aliphatic carbocycles. The highest BCUT2D eigenvalue weighted by atomic mass is 35.5. The summed E-state index contributed by atoms with van der Waals surface area (Å²) in [5.41, 5.74) is 4.39. The standard InChI is InChI=1S/C28H23Cl2N3O4/c1-17(18-6-10-21(29)11-7-18)32-27(35)16-37-26-13-9-20(22-4-2-3-5-23(22)26)15-31-33-28(36)19-8-12-25(34)24(30)14-19/h2-15,17,34H,16H2,1H3,(H,32,35)(H,33,36). The second kappa shape index (κ2) is 11.8. The van der Waals surface area contributed by atoms with Gasteiger partial charge in [-0.3, -0.25) is 9.59 Å². The van der Waals surface area contributed by atoms with E-state index in [0.29, 0.717) is 10.8 Å². The molecule has 0 saturated carbocycles. The molecule has 7 nitrogen and oxygen atoms in total. The first-order valence-electron chi connectivity index (χ1n) is 11.3. The Kier molecular flexibility index (Phi) is 8.28. The lowest BCUT2D eigenvalue weighted by Crippen LogP contribution is -2.31. The summed E-state index contributed by atoms with van der Waals surface area (Å²) in [6.07, 6.45) is 1.52. The Bertz CT molecular complexity index is 1470. The van der Waals surface area contributed by atoms with Gasteiger partial charge in [0.25, 0.3) is 11.8 Å². The Hall–Kier alpha value is -4.07. The molecule has 3 N–H and O–H groups in total. The van der Waals surface area contributed by atoms with Crippen LogP contribution in [0.5, 0.6) is 11.5 Å². The zero-order chi connectivity index (χ0) is 26.4. The number of nitrogens with zero attached hydrogens (tertiary/aromatic N) is 1. The number of aromatic hydroxyl groups is 1. The third-order valence-corrected chi connectivity index (χ3v) is 6.16. The number of hydrogen-bond acceptors (Lipinski definition) is 5. The molecule has 188 valence electrons. The molecule has 0 fully saturated rings. The fourth-order valence-corrected chi connectivity index (χ4v) is 3.97. The topological polar surface area (TPSA) is 100 Å². The van der Waals surface area contributed by atoms with Crippen molar-refractivity contribution in [3.8, 4) is 11.5 Å². The first-order chi connectivity index (χ1) is 17.8. The highest BCUT2D eigenvalue weighted by molar-refractivity contribution is 6.32. The Morgan fingerprint density at radius 3 is 2.46 bits per heavy atom. The lowest BCUT2D eigenvalue weighted by molar-refractivity contribution is -0.123. The van der Waals surface area contributed by atoms with Crippen molar-refractivity contribution in [1.82, 2.24) is 10.7 Å². The van der Waals surface area contributed by atoms with Crippen molar-refractivity contribution in [2.45, 2.75) is 13.0 Å². The molecule has 4 rings (SSSR count). The largest absolute Gasteiger partial charge is 0.506 e. The molecule has 0 heterocycles. The van der Waals surface area contributed by atoms with Gasteiger partial charge < -0.3 is 15.2 Å². The van der Waals surface area contributed by atoms with Crippen molar-refractivity contribution < 1.29 is 19.4 Å². The van der Waals surface area contributed by atoms with Gasteiger partial charge in [0.1, 0.15) is 11.5 Å². The van der Waals surface area contributed by atoms with Crippen molar-refractivity contribution in [2.24, 2.45) is 5.10 Å². The molecule has 0 bridgehead atoms. The van der Waals surface area contributed by atoms with Gasteiger partial charge in [0, 0.05) is 21.5 Å². The zero-order valence-corrected chi connectivity index (χ0v) is 21.3. The molecule has 4 aromatic rings. The number of ether oxygens (including phenoxy) is 1. The Balaban J connectivity index is 1.41. The lowest BCUT2D eigenvalue weighted by atomic mass is 10.0. The van der Waals surface area contributed by atoms with Gasteiger partial charge in [-0.25, -0.2) is 5.43 Å². The van der Waals surface area contributed by atoms with Crippen LogP contribution in [-0.2, 0) is 4.79 Å². The predicted octanol–water partition coefficient (Wildman–Crippen LogP) is 5.87. The van der Waals surface area contributed by atoms with Crippen LogP contribution >= 0.6 is 23.2 Å². The molecule has 4 aromatic carbocycles. The van der Waals surface area contributed by atoms with Crippen LogP contribution < -0.4 is 15.5 Å². The molecular formula is C28H23Cl2N3O4. The minimum atomic E-state index is -0.471. The molecule has 0 aliphatic heterocycles. The number of phenols is 1. The van der Waals surface area contributed by atoms with E-state index in [1.54, 1.807) is 24.3 Å². The number of fused-ring (bicyclic) bond motifs is 1. The summed E-state index contributed by atoms with van der Waals surface area (Å²) in [6, 6.07) is 22.3. The van der Waals surface area contributed by atoms with Crippen LogP contribution in [0.4, 0.5) is 0 Å². The van der Waals surface area contributed by atoms with E-state index in [2.05, 4.69) is 15.8 Å². The van der Waals surface area contributed by atoms with E-state index in [0.717, 1.165) is 21.9 Å². The van der Waals surface area contributed by atoms with Crippen molar-refractivity contribution in [3.63, 3.8) is 0 Å². The summed E-state index contributed by atoms with van der Waals surface area (Å²) in [6.45, 7) is 1.74. The summed E-state index contributed by atoms with van der Waals surface area (Å²) >= 11 is 11.8. The number of hydrazone groups is 1. The number of halogens is 2. The van der Waals surface area contributed by atoms with Gasteiger partial charge in [0.05, 0.1) is 17.3 Å². The fraction of sp³-hybridized carbons (Fsp3) is 0.107. The number of hydrogen-bond donors (Lipinski definition) is 3. The van der Waals surface area contributed by atoms with Crippen molar-refractivity contribution in [1.29, 1.82) is 0 Å². The molecule has 1 unspecified atom stereocenters. The van der Waals surface area contributed by atoms with Crippen LogP contribution in [-0.4, -0.2) is 29.7 Å². The van der Waals surface area contributed by atoms with Gasteiger partial charge in [0.2, 0.25) is 0 Å². The number of rotatable bonds is 8. The van der Waals surface area contributed by atoms with E-state index < -0.39 is 5.91 Å². The fourth-order valence-electron chi connectivity index (χ4n) is 3.67. The molecule has 0 radical (unpaired) electrons. The third kappa shape index (κ3) is 6.58. The normalized spacial score (nSPS) is 11.9. The van der Waals surface area contributed by atoms with Crippen molar-refractivity contribution >= 4 is 52.0 Å². The smallest absolute Gasteiger partial charge is 0.271 e. The molecule has 1 atom stereocenters. The van der Waals surface area contributed by atoms with Crippen LogP contribution in [0.3, 0.4) is 0 Å². The summed E-state index contributed by atoms with van der Waals surface area (Å²) in [5.74, 6) is -0.288. The number of carbonyl (C=O) groups is 2. The lowest BCUT2D eigenvalue weighted by Gasteiger charge is -2.15. The molecule has 0 saturated heterocycles. The highest BCUT2D eigenvalue weighted by Gasteiger charge is 2.12. The summed E-state index contributed by atoms with van der Waals surface area (Å²) in [4.78, 5) is 24.8. The SMILES string of the molecule is CC(NC(=O)COc1ccc(C=NNC(=O)c2ccc(O)c(Cl)c2)c2ccccc12)c1ccc(Cl)cc1. The first-order valence-corrected chi connectivity index (χ1v) is 12.1. The number of phenolic OH excluding ortho intramolecular Hbond substituents is 1. The zero-order valence-electron chi connectivity index (χ0n) is 19.7. The second-order valence-electron chi connectivity index (χ2n) is 8.19. The molecular weight excluding hydrogens is 513 g/mol. The monoisotopic (exact) mass is 535 g/mol. The Morgan fingerprint density at radius 2 is 1.73 bits per heavy atom. The number of carbonyl (C=O) groups excluding carboxylic acids is 2. The summed E-state index contributed by atoms with van der Waals surface area (Å²) in [5, 5.41) is 18.8. The minimum Gasteiger partial charge on any atom is -0.506 e. The van der Waals surface area contributed by atoms with Gasteiger partial charge >= 0.3 is 0 Å². The number of amides is 2. The number of benzene rings is 4. The van der Waals surface area contributed by atoms with E-state index in [1.165, 1.54) is 24.4 Å². The van der Waals surface area contributed by atoms with Crippen molar-refractivity contribution in [2.75, 3.05) is 6.61 Å². The number of nitrogens with one attached hydrogen (secondary N) is 2. The van der Waals surface area contributed by atoms with E-state index in [9.17, 15) is 14.7 Å². The van der Waals surface area contributed by atoms with Crippen LogP contribution in [0.15, 0.2) is 84.0 Å². The van der Waals surface area contributed by atoms with Crippen LogP contribution in [0.2, 0.25) is 10.0 Å². The van der Waals surface area contributed by atoms with E-state index in [-0.39, 0.29) is 34.9 Å². The maximum atomic E-state index is 12.5. The average molecular weight is 536 g/mol. The Morgan fingerprint density at radius 1 is 1.00 bits per heavy atom. The van der Waals surface area contributed by atoms with Crippen LogP contribution in [0.1, 0.15) is 34.5 Å². The predicted molar refractivity (Wildman–Crippen MR) is 146 cm³/mol. The van der Waals surface area contributed by atoms with Gasteiger partial charge in [0.15, 0.2) is 6.61 Å². The summed E-state index contributed by atoms with van der Waals surface area (Å²) < 4.78 is 5.83. The quantitative estimate of drug-likeness (QED) is 0.194. The molecule has 0 aromatic heterocycles. The van der Waals surface area contributed by atoms with E-state index in [4.69, 9.17) is 27.9 Å². The van der Waals surface area contributed by atoms with E-state index >= 15 is 0 Å². The molecule has 0 spiro atoms.